The van der Waals surface area contributed by atoms with Gasteiger partial charge in [-0.3, -0.25) is 9.59 Å². The van der Waals surface area contributed by atoms with Crippen LogP contribution in [-0.2, 0) is 14.3 Å². The number of carbonyl (C=O) groups excluding carboxylic acids is 2. The van der Waals surface area contributed by atoms with Crippen LogP contribution in [0, 0.1) is 28.6 Å². The fourth-order valence-corrected chi connectivity index (χ4v) is 7.88. The van der Waals surface area contributed by atoms with E-state index in [1.165, 1.54) is 5.57 Å². The first-order valence-corrected chi connectivity index (χ1v) is 10.6. The van der Waals surface area contributed by atoms with Crippen molar-refractivity contribution >= 4 is 23.2 Å². The van der Waals surface area contributed by atoms with Gasteiger partial charge in [0.1, 0.15) is 11.2 Å². The van der Waals surface area contributed by atoms with E-state index in [1.54, 1.807) is 12.2 Å². The Morgan fingerprint density at radius 1 is 1.37 bits per heavy atom. The molecule has 8 atom stereocenters. The lowest BCUT2D eigenvalue weighted by Gasteiger charge is -2.55. The molecule has 0 aromatic rings. The second kappa shape index (κ2) is 5.14. The van der Waals surface area contributed by atoms with E-state index in [2.05, 4.69) is 13.8 Å². The van der Waals surface area contributed by atoms with Crippen molar-refractivity contribution in [1.82, 2.24) is 0 Å². The van der Waals surface area contributed by atoms with Crippen LogP contribution in [0.25, 0.3) is 0 Å². The first-order chi connectivity index (χ1) is 12.6. The zero-order chi connectivity index (χ0) is 19.4. The number of ether oxygens (including phenoxy) is 1. The Bertz CT molecular complexity index is 817. The van der Waals surface area contributed by atoms with E-state index in [-0.39, 0.29) is 52.3 Å². The number of hydrogen-bond acceptors (Lipinski definition) is 4. The van der Waals surface area contributed by atoms with E-state index in [9.17, 15) is 14.7 Å². The Kier molecular flexibility index (Phi) is 3.44. The fourth-order valence-electron chi connectivity index (χ4n) is 7.68. The Hall–Kier alpha value is -0.970. The van der Waals surface area contributed by atoms with Gasteiger partial charge in [0.05, 0.1) is 12.0 Å². The number of epoxide rings is 1. The van der Waals surface area contributed by atoms with Crippen molar-refractivity contribution in [3.63, 3.8) is 0 Å². The van der Waals surface area contributed by atoms with Crippen molar-refractivity contribution < 1.29 is 19.4 Å². The predicted octanol–water partition coefficient (Wildman–Crippen LogP) is 3.21. The number of hydrogen-bond donors (Lipinski definition) is 1. The topological polar surface area (TPSA) is 66.9 Å². The number of allylic oxidation sites excluding steroid dienone is 2. The average molecular weight is 391 g/mol. The molecule has 0 amide bonds. The minimum Gasteiger partial charge on any atom is -0.381 e. The number of ketones is 2. The molecule has 27 heavy (non-hydrogen) atoms. The van der Waals surface area contributed by atoms with Crippen LogP contribution in [0.4, 0.5) is 0 Å². The van der Waals surface area contributed by atoms with Crippen molar-refractivity contribution in [3.05, 3.63) is 23.8 Å². The molecule has 0 aromatic carbocycles. The minimum atomic E-state index is -1.38. The number of carbonyl (C=O) groups is 2. The Balaban J connectivity index is 1.60. The summed E-state index contributed by atoms with van der Waals surface area (Å²) < 4.78 is 6.46. The summed E-state index contributed by atoms with van der Waals surface area (Å²) in [4.78, 5) is 24.7. The molecule has 5 aliphatic rings. The maximum absolute atomic E-state index is 12.7. The molecule has 0 aromatic heterocycles. The van der Waals surface area contributed by atoms with Crippen LogP contribution >= 0.6 is 11.6 Å². The minimum absolute atomic E-state index is 0.00949. The highest BCUT2D eigenvalue weighted by Crippen LogP contribution is 2.76. The molecule has 2 unspecified atom stereocenters. The van der Waals surface area contributed by atoms with Gasteiger partial charge < -0.3 is 9.84 Å². The zero-order valence-corrected chi connectivity index (χ0v) is 16.9. The van der Waals surface area contributed by atoms with Gasteiger partial charge in [0, 0.05) is 10.8 Å². The summed E-state index contributed by atoms with van der Waals surface area (Å²) in [5, 5.41) is 11.6. The molecule has 5 heteroatoms. The molecular weight excluding hydrogens is 364 g/mol. The molecule has 1 saturated heterocycles. The standard InChI is InChI=1S/C22H27ClO4/c1-12-8-16-15-5-4-13-9-14(24)6-7-19(13,2)22(15)18(27-22)10-20(16,3)21(12,26)17(25)11-23/h6-7,9,12,15-16,18,26H,4-5,8,10-11H2,1-3H3/t12?,15-,16-,18?,19-,20-,21-,22-/m0/s1. The smallest absolute Gasteiger partial charge is 0.179 e. The molecular formula is C22H27ClO4. The third-order valence-electron chi connectivity index (χ3n) is 9.06. The Morgan fingerprint density at radius 3 is 2.81 bits per heavy atom. The molecule has 1 aliphatic heterocycles. The van der Waals surface area contributed by atoms with Gasteiger partial charge in [-0.1, -0.05) is 25.5 Å². The van der Waals surface area contributed by atoms with Gasteiger partial charge in [-0.25, -0.2) is 0 Å². The normalized spacial score (nSPS) is 55.1. The average Bonchev–Trinajstić information content (AvgIpc) is 3.31. The zero-order valence-electron chi connectivity index (χ0n) is 16.1. The number of fused-ring (bicyclic) bond motifs is 3. The SMILES string of the molecule is CC1C[C@H]2[C@@H]3CCC4=CC(=O)C=C[C@]4(C)[C@]34OC4C[C@]2(C)[C@@]1(O)C(=O)CCl. The Labute approximate surface area is 165 Å². The third kappa shape index (κ3) is 1.79. The number of Topliss-reactive ketones (excluding diaryl/α,β-unsaturated/α-hetero) is 1. The highest BCUT2D eigenvalue weighted by Gasteiger charge is 2.81. The number of halogens is 1. The van der Waals surface area contributed by atoms with Crippen molar-refractivity contribution in [1.29, 1.82) is 0 Å². The molecule has 1 heterocycles. The fraction of sp³-hybridized carbons (Fsp3) is 0.727. The molecule has 3 saturated carbocycles. The molecule has 0 radical (unpaired) electrons. The van der Waals surface area contributed by atoms with Crippen LogP contribution in [0.1, 0.15) is 46.5 Å². The first-order valence-electron chi connectivity index (χ1n) is 10.1. The van der Waals surface area contributed by atoms with Crippen LogP contribution in [0.5, 0.6) is 0 Å². The van der Waals surface area contributed by atoms with Crippen LogP contribution in [0.3, 0.4) is 0 Å². The summed E-state index contributed by atoms with van der Waals surface area (Å²) in [6.45, 7) is 6.26. The van der Waals surface area contributed by atoms with Gasteiger partial charge in [-0.15, -0.1) is 11.6 Å². The molecule has 1 N–H and O–H groups in total. The predicted molar refractivity (Wildman–Crippen MR) is 101 cm³/mol. The summed E-state index contributed by atoms with van der Waals surface area (Å²) in [5.74, 6) is 0.0439. The maximum Gasteiger partial charge on any atom is 0.179 e. The van der Waals surface area contributed by atoms with Gasteiger partial charge in [-0.05, 0) is 62.5 Å². The van der Waals surface area contributed by atoms with Gasteiger partial charge in [0.15, 0.2) is 11.6 Å². The first kappa shape index (κ1) is 18.1. The largest absolute Gasteiger partial charge is 0.381 e. The molecule has 146 valence electrons. The lowest BCUT2D eigenvalue weighted by Crippen LogP contribution is -2.62. The van der Waals surface area contributed by atoms with Gasteiger partial charge >= 0.3 is 0 Å². The number of aliphatic hydroxyl groups is 1. The second-order valence-electron chi connectivity index (χ2n) is 9.84. The van der Waals surface area contributed by atoms with E-state index in [0.717, 1.165) is 19.3 Å². The number of rotatable bonds is 2. The van der Waals surface area contributed by atoms with Gasteiger partial charge in [-0.2, -0.15) is 0 Å². The summed E-state index contributed by atoms with van der Waals surface area (Å²) in [6, 6.07) is 0. The summed E-state index contributed by atoms with van der Waals surface area (Å²) in [6.07, 6.45) is 8.83. The summed E-state index contributed by atoms with van der Waals surface area (Å²) in [5.41, 5.74) is -1.29. The van der Waals surface area contributed by atoms with E-state index >= 15 is 0 Å². The lowest BCUT2D eigenvalue weighted by atomic mass is 9.47. The van der Waals surface area contributed by atoms with Crippen LogP contribution in [0.2, 0.25) is 0 Å². The molecule has 1 spiro atoms. The summed E-state index contributed by atoms with van der Waals surface area (Å²) in [7, 11) is 0. The van der Waals surface area contributed by atoms with Crippen molar-refractivity contribution in [2.75, 3.05) is 5.88 Å². The van der Waals surface area contributed by atoms with E-state index < -0.39 is 11.0 Å². The van der Waals surface area contributed by atoms with E-state index in [0.29, 0.717) is 6.42 Å². The van der Waals surface area contributed by atoms with Crippen molar-refractivity contribution in [2.24, 2.45) is 28.6 Å². The van der Waals surface area contributed by atoms with Gasteiger partial charge in [0.2, 0.25) is 0 Å². The van der Waals surface area contributed by atoms with Crippen molar-refractivity contribution in [3.8, 4) is 0 Å². The molecule has 0 bridgehead atoms. The Morgan fingerprint density at radius 2 is 2.11 bits per heavy atom. The van der Waals surface area contributed by atoms with Crippen LogP contribution < -0.4 is 0 Å². The second-order valence-corrected chi connectivity index (χ2v) is 10.1. The van der Waals surface area contributed by atoms with E-state index in [4.69, 9.17) is 16.3 Å². The molecule has 5 rings (SSSR count). The van der Waals surface area contributed by atoms with Crippen LogP contribution in [0.15, 0.2) is 23.8 Å². The van der Waals surface area contributed by atoms with E-state index in [1.807, 2.05) is 13.0 Å². The molecule has 4 aliphatic carbocycles. The van der Waals surface area contributed by atoms with Gasteiger partial charge in [0.25, 0.3) is 0 Å². The molecule has 4 nitrogen and oxygen atoms in total. The quantitative estimate of drug-likeness (QED) is 0.580. The highest BCUT2D eigenvalue weighted by molar-refractivity contribution is 6.29. The monoisotopic (exact) mass is 390 g/mol. The third-order valence-corrected chi connectivity index (χ3v) is 9.30. The molecule has 4 fully saturated rings. The summed E-state index contributed by atoms with van der Waals surface area (Å²) >= 11 is 5.90. The number of alkyl halides is 1. The van der Waals surface area contributed by atoms with Crippen molar-refractivity contribution in [2.45, 2.75) is 63.8 Å². The lowest BCUT2D eigenvalue weighted by molar-refractivity contribution is -0.160. The maximum atomic E-state index is 12.7. The highest BCUT2D eigenvalue weighted by atomic mass is 35.5. The van der Waals surface area contributed by atoms with Crippen LogP contribution in [-0.4, -0.2) is 39.9 Å².